The lowest BCUT2D eigenvalue weighted by atomic mass is 10.1. The number of nitrogens with zero attached hydrogens (tertiary/aromatic N) is 1. The van der Waals surface area contributed by atoms with Crippen molar-refractivity contribution in [2.24, 2.45) is 0 Å². The molecule has 2 aromatic carbocycles. The zero-order valence-corrected chi connectivity index (χ0v) is 15.9. The molecular formula is C21H24N3OS+. The van der Waals surface area contributed by atoms with Crippen molar-refractivity contribution in [2.45, 2.75) is 12.5 Å². The van der Waals surface area contributed by atoms with Crippen LogP contribution in [0, 0.1) is 0 Å². The quantitative estimate of drug-likeness (QED) is 0.674. The van der Waals surface area contributed by atoms with E-state index in [1.807, 2.05) is 53.9 Å². The van der Waals surface area contributed by atoms with E-state index in [1.165, 1.54) is 10.5 Å². The van der Waals surface area contributed by atoms with Gasteiger partial charge in [-0.1, -0.05) is 60.7 Å². The summed E-state index contributed by atoms with van der Waals surface area (Å²) < 4.78 is 0. The van der Waals surface area contributed by atoms with Crippen LogP contribution < -0.4 is 10.2 Å². The van der Waals surface area contributed by atoms with Crippen LogP contribution in [-0.2, 0) is 11.2 Å². The van der Waals surface area contributed by atoms with Gasteiger partial charge in [-0.15, -0.1) is 11.3 Å². The second-order valence-corrected chi connectivity index (χ2v) is 7.39. The number of quaternary nitrogens is 1. The van der Waals surface area contributed by atoms with Crippen molar-refractivity contribution in [3.8, 4) is 10.6 Å². The van der Waals surface area contributed by atoms with E-state index in [0.29, 0.717) is 13.0 Å². The van der Waals surface area contributed by atoms with Crippen molar-refractivity contribution in [3.05, 3.63) is 77.3 Å². The van der Waals surface area contributed by atoms with Gasteiger partial charge in [-0.05, 0) is 0 Å². The van der Waals surface area contributed by atoms with Gasteiger partial charge in [0.1, 0.15) is 11.0 Å². The van der Waals surface area contributed by atoms with E-state index in [2.05, 4.69) is 36.5 Å². The third kappa shape index (κ3) is 4.77. The Bertz CT molecular complexity index is 831. The van der Waals surface area contributed by atoms with Crippen LogP contribution in [0.25, 0.3) is 10.6 Å². The van der Waals surface area contributed by atoms with Crippen LogP contribution in [0.3, 0.4) is 0 Å². The molecule has 4 nitrogen and oxygen atoms in total. The van der Waals surface area contributed by atoms with Gasteiger partial charge in [0.15, 0.2) is 0 Å². The molecule has 0 aliphatic heterocycles. The number of likely N-dealkylation sites (N-methyl/N-ethyl adjacent to an activating group) is 1. The van der Waals surface area contributed by atoms with E-state index in [-0.39, 0.29) is 11.9 Å². The molecule has 0 aliphatic rings. The minimum absolute atomic E-state index is 0.0112. The fraction of sp³-hybridized carbons (Fsp3) is 0.238. The second kappa shape index (κ2) is 8.74. The first kappa shape index (κ1) is 18.3. The second-order valence-electron chi connectivity index (χ2n) is 6.53. The summed E-state index contributed by atoms with van der Waals surface area (Å²) in [5.41, 5.74) is 3.14. The number of rotatable bonds is 7. The molecular weight excluding hydrogens is 342 g/mol. The van der Waals surface area contributed by atoms with Crippen LogP contribution in [0.1, 0.15) is 17.3 Å². The zero-order chi connectivity index (χ0) is 18.4. The number of hydrogen-bond donors (Lipinski definition) is 2. The Hall–Kier alpha value is -2.50. The normalized spacial score (nSPS) is 12.1. The van der Waals surface area contributed by atoms with Gasteiger partial charge >= 0.3 is 0 Å². The number of carbonyl (C=O) groups excluding carboxylic acids is 1. The van der Waals surface area contributed by atoms with Crippen LogP contribution in [0.2, 0.25) is 0 Å². The number of thiazole rings is 1. The third-order valence-electron chi connectivity index (χ3n) is 4.32. The molecule has 0 radical (unpaired) electrons. The summed E-state index contributed by atoms with van der Waals surface area (Å²) in [7, 11) is 4.22. The van der Waals surface area contributed by atoms with Crippen molar-refractivity contribution in [1.82, 2.24) is 10.3 Å². The standard InChI is InChI=1S/C21H23N3OS/c1-24(2)19(16-9-5-3-6-10-16)14-22-20(25)13-18-15-26-21(23-18)17-11-7-4-8-12-17/h3-12,15,19H,13-14H2,1-2H3,(H,22,25)/p+1/t19-/m0/s1. The molecule has 134 valence electrons. The number of carbonyl (C=O) groups is 1. The Morgan fingerprint density at radius 3 is 2.38 bits per heavy atom. The van der Waals surface area contributed by atoms with Crippen molar-refractivity contribution >= 4 is 17.2 Å². The fourth-order valence-electron chi connectivity index (χ4n) is 2.89. The van der Waals surface area contributed by atoms with Gasteiger partial charge in [0.25, 0.3) is 0 Å². The van der Waals surface area contributed by atoms with E-state index in [0.717, 1.165) is 16.3 Å². The van der Waals surface area contributed by atoms with E-state index >= 15 is 0 Å². The molecule has 0 bridgehead atoms. The maximum atomic E-state index is 12.4. The summed E-state index contributed by atoms with van der Waals surface area (Å²) in [6.07, 6.45) is 0.313. The molecule has 0 spiro atoms. The molecule has 1 aromatic heterocycles. The summed E-state index contributed by atoms with van der Waals surface area (Å²) in [5.74, 6) is 0.0112. The summed E-state index contributed by atoms with van der Waals surface area (Å²) in [4.78, 5) is 18.2. The number of amides is 1. The summed E-state index contributed by atoms with van der Waals surface area (Å²) in [6.45, 7) is 0.612. The van der Waals surface area contributed by atoms with E-state index in [9.17, 15) is 4.79 Å². The Labute approximate surface area is 158 Å². The summed E-state index contributed by atoms with van der Waals surface area (Å²) in [6, 6.07) is 20.6. The zero-order valence-electron chi connectivity index (χ0n) is 15.1. The first-order valence-corrected chi connectivity index (χ1v) is 9.63. The van der Waals surface area contributed by atoms with Crippen molar-refractivity contribution in [3.63, 3.8) is 0 Å². The number of hydrogen-bond acceptors (Lipinski definition) is 3. The summed E-state index contributed by atoms with van der Waals surface area (Å²) >= 11 is 1.58. The topological polar surface area (TPSA) is 46.4 Å². The molecule has 3 aromatic rings. The molecule has 0 saturated carbocycles. The largest absolute Gasteiger partial charge is 0.349 e. The Morgan fingerprint density at radius 2 is 1.73 bits per heavy atom. The fourth-order valence-corrected chi connectivity index (χ4v) is 3.71. The van der Waals surface area contributed by atoms with Crippen LogP contribution in [0.5, 0.6) is 0 Å². The molecule has 0 unspecified atom stereocenters. The molecule has 0 aliphatic carbocycles. The van der Waals surface area contributed by atoms with Gasteiger partial charge in [-0.2, -0.15) is 0 Å². The molecule has 3 rings (SSSR count). The van der Waals surface area contributed by atoms with Crippen LogP contribution in [0.15, 0.2) is 66.0 Å². The van der Waals surface area contributed by atoms with Crippen molar-refractivity contribution < 1.29 is 9.69 Å². The lowest BCUT2D eigenvalue weighted by molar-refractivity contribution is -0.890. The number of benzene rings is 2. The molecule has 2 N–H and O–H groups in total. The lowest BCUT2D eigenvalue weighted by Gasteiger charge is -2.22. The van der Waals surface area contributed by atoms with Gasteiger partial charge in [0, 0.05) is 16.5 Å². The van der Waals surface area contributed by atoms with Gasteiger partial charge in [-0.25, -0.2) is 4.98 Å². The molecule has 26 heavy (non-hydrogen) atoms. The first-order chi connectivity index (χ1) is 12.6. The lowest BCUT2D eigenvalue weighted by Crippen LogP contribution is -3.07. The van der Waals surface area contributed by atoms with Gasteiger partial charge in [-0.3, -0.25) is 4.79 Å². The molecule has 0 fully saturated rings. The monoisotopic (exact) mass is 366 g/mol. The van der Waals surface area contributed by atoms with Gasteiger partial charge < -0.3 is 10.2 Å². The number of aromatic nitrogens is 1. The highest BCUT2D eigenvalue weighted by molar-refractivity contribution is 7.13. The molecule has 1 amide bonds. The minimum atomic E-state index is 0.0112. The minimum Gasteiger partial charge on any atom is -0.349 e. The number of nitrogens with one attached hydrogen (secondary N) is 2. The SMILES string of the molecule is C[NH+](C)[C@@H](CNC(=O)Cc1csc(-c2ccccc2)n1)c1ccccc1. The van der Waals surface area contributed by atoms with Gasteiger partial charge in [0.2, 0.25) is 5.91 Å². The predicted octanol–water partition coefficient (Wildman–Crippen LogP) is 2.35. The Morgan fingerprint density at radius 1 is 1.08 bits per heavy atom. The molecule has 1 atom stereocenters. The first-order valence-electron chi connectivity index (χ1n) is 8.75. The average Bonchev–Trinajstić information content (AvgIpc) is 3.11. The van der Waals surface area contributed by atoms with Crippen LogP contribution >= 0.6 is 11.3 Å². The van der Waals surface area contributed by atoms with E-state index in [4.69, 9.17) is 0 Å². The molecule has 0 saturated heterocycles. The van der Waals surface area contributed by atoms with Gasteiger partial charge in [0.05, 0.1) is 32.8 Å². The molecule has 1 heterocycles. The highest BCUT2D eigenvalue weighted by atomic mass is 32.1. The van der Waals surface area contributed by atoms with Crippen molar-refractivity contribution in [1.29, 1.82) is 0 Å². The highest BCUT2D eigenvalue weighted by Gasteiger charge is 2.18. The van der Waals surface area contributed by atoms with Crippen molar-refractivity contribution in [2.75, 3.05) is 20.6 Å². The highest BCUT2D eigenvalue weighted by Crippen LogP contribution is 2.23. The average molecular weight is 367 g/mol. The Balaban J connectivity index is 1.58. The predicted molar refractivity (Wildman–Crippen MR) is 106 cm³/mol. The smallest absolute Gasteiger partial charge is 0.226 e. The summed E-state index contributed by atoms with van der Waals surface area (Å²) in [5, 5.41) is 5.98. The van der Waals surface area contributed by atoms with Crippen LogP contribution in [0.4, 0.5) is 0 Å². The third-order valence-corrected chi connectivity index (χ3v) is 5.26. The van der Waals surface area contributed by atoms with Crippen LogP contribution in [-0.4, -0.2) is 31.5 Å². The Kier molecular flexibility index (Phi) is 6.15. The molecule has 5 heteroatoms. The van der Waals surface area contributed by atoms with E-state index in [1.54, 1.807) is 11.3 Å². The van der Waals surface area contributed by atoms with E-state index < -0.39 is 0 Å². The maximum Gasteiger partial charge on any atom is 0.226 e. The maximum absolute atomic E-state index is 12.4.